The smallest absolute Gasteiger partial charge is 0.343 e. The summed E-state index contributed by atoms with van der Waals surface area (Å²) in [7, 11) is 1.55. The molecular weight excluding hydrogens is 401 g/mol. The molecule has 148 valence electrons. The number of benzene rings is 1. The molecule has 0 N–H and O–H groups in total. The van der Waals surface area contributed by atoms with Gasteiger partial charge >= 0.3 is 6.18 Å². The average Bonchev–Trinajstić information content (AvgIpc) is 3.25. The molecule has 4 aromatic rings. The molecule has 0 aliphatic carbocycles. The van der Waals surface area contributed by atoms with E-state index in [0.717, 1.165) is 28.4 Å². The van der Waals surface area contributed by atoms with Crippen LogP contribution in [0.15, 0.2) is 55.4 Å². The minimum Gasteiger partial charge on any atom is -0.343 e. The van der Waals surface area contributed by atoms with E-state index in [9.17, 15) is 13.2 Å². The normalized spacial score (nSPS) is 11.9. The second-order valence-corrected chi connectivity index (χ2v) is 7.05. The summed E-state index contributed by atoms with van der Waals surface area (Å²) in [5, 5.41) is 1.34. The van der Waals surface area contributed by atoms with Gasteiger partial charge in [0.05, 0.1) is 11.2 Å². The van der Waals surface area contributed by atoms with Gasteiger partial charge in [-0.3, -0.25) is 0 Å². The van der Waals surface area contributed by atoms with Crippen molar-refractivity contribution in [2.24, 2.45) is 7.05 Å². The van der Waals surface area contributed by atoms with Crippen LogP contribution in [0.1, 0.15) is 17.0 Å². The molecule has 0 radical (unpaired) electrons. The predicted octanol–water partition coefficient (Wildman–Crippen LogP) is 5.80. The molecule has 0 atom stereocenters. The highest BCUT2D eigenvalue weighted by atomic mass is 35.5. The summed E-state index contributed by atoms with van der Waals surface area (Å²) in [6.07, 6.45) is 0.128. The molecule has 0 unspecified atom stereocenters. The lowest BCUT2D eigenvalue weighted by Crippen LogP contribution is -2.04. The maximum absolute atomic E-state index is 12.9. The van der Waals surface area contributed by atoms with Crippen molar-refractivity contribution in [3.8, 4) is 11.4 Å². The van der Waals surface area contributed by atoms with Gasteiger partial charge in [0.25, 0.3) is 0 Å². The number of pyridine rings is 1. The van der Waals surface area contributed by atoms with Gasteiger partial charge in [0, 0.05) is 36.9 Å². The summed E-state index contributed by atoms with van der Waals surface area (Å²) >= 11 is 6.11. The zero-order chi connectivity index (χ0) is 20.8. The number of rotatable bonds is 4. The molecule has 29 heavy (non-hydrogen) atoms. The van der Waals surface area contributed by atoms with Crippen molar-refractivity contribution >= 4 is 28.6 Å². The van der Waals surface area contributed by atoms with E-state index in [1.54, 1.807) is 31.3 Å². The van der Waals surface area contributed by atoms with Gasteiger partial charge in [0.2, 0.25) is 0 Å². The number of hydrogen-bond donors (Lipinski definition) is 0. The van der Waals surface area contributed by atoms with Crippen molar-refractivity contribution in [3.05, 3.63) is 77.5 Å². The van der Waals surface area contributed by atoms with E-state index in [4.69, 9.17) is 11.6 Å². The molecule has 3 heterocycles. The van der Waals surface area contributed by atoms with Crippen molar-refractivity contribution in [2.45, 2.75) is 12.7 Å². The first kappa shape index (κ1) is 19.3. The van der Waals surface area contributed by atoms with E-state index in [1.165, 1.54) is 4.57 Å². The summed E-state index contributed by atoms with van der Waals surface area (Å²) < 4.78 is 42.1. The van der Waals surface area contributed by atoms with Crippen molar-refractivity contribution < 1.29 is 13.2 Å². The number of aromatic nitrogens is 4. The van der Waals surface area contributed by atoms with Crippen molar-refractivity contribution in [3.63, 3.8) is 0 Å². The molecule has 3 aromatic heterocycles. The number of imidazole rings is 1. The third-order valence-electron chi connectivity index (χ3n) is 4.69. The van der Waals surface area contributed by atoms with Gasteiger partial charge in [0.1, 0.15) is 11.0 Å². The van der Waals surface area contributed by atoms with E-state index in [1.807, 2.05) is 29.0 Å². The van der Waals surface area contributed by atoms with Gasteiger partial charge in [-0.25, -0.2) is 9.97 Å². The van der Waals surface area contributed by atoms with E-state index >= 15 is 0 Å². The van der Waals surface area contributed by atoms with Crippen LogP contribution in [0.4, 0.5) is 13.2 Å². The number of alkyl halides is 3. The quantitative estimate of drug-likeness (QED) is 0.394. The van der Waals surface area contributed by atoms with Crippen LogP contribution in [0.5, 0.6) is 0 Å². The van der Waals surface area contributed by atoms with Crippen molar-refractivity contribution in [1.29, 1.82) is 0 Å². The Morgan fingerprint density at radius 3 is 2.48 bits per heavy atom. The third kappa shape index (κ3) is 3.65. The first-order valence-corrected chi connectivity index (χ1v) is 9.12. The lowest BCUT2D eigenvalue weighted by molar-refractivity contribution is -0.140. The Labute approximate surface area is 169 Å². The van der Waals surface area contributed by atoms with Gasteiger partial charge in [-0.05, 0) is 23.8 Å². The summed E-state index contributed by atoms with van der Waals surface area (Å²) in [5.74, 6) is 0.267. The van der Waals surface area contributed by atoms with Crippen LogP contribution in [-0.4, -0.2) is 19.1 Å². The highest BCUT2D eigenvalue weighted by Gasteiger charge is 2.34. The standard InChI is InChI=1S/C21H16ClF3N4/c1-3-16-15-8-9-29(17(15)10-19(22)26-16)11-13-4-6-14(7-5-13)20-27-18(12-28(20)2)21(23,24)25/h3-10,12H,1,11H2,2H3. The molecule has 4 nitrogen and oxygen atoms in total. The van der Waals surface area contributed by atoms with Crippen LogP contribution in [0, 0.1) is 0 Å². The predicted molar refractivity (Wildman–Crippen MR) is 108 cm³/mol. The van der Waals surface area contributed by atoms with Gasteiger partial charge in [-0.2, -0.15) is 13.2 Å². The van der Waals surface area contributed by atoms with E-state index in [2.05, 4.69) is 16.5 Å². The summed E-state index contributed by atoms with van der Waals surface area (Å²) in [6.45, 7) is 4.35. The number of nitrogens with zero attached hydrogens (tertiary/aromatic N) is 4. The molecule has 8 heteroatoms. The second kappa shape index (κ2) is 7.08. The molecule has 0 spiro atoms. The summed E-state index contributed by atoms with van der Waals surface area (Å²) in [4.78, 5) is 7.99. The van der Waals surface area contributed by atoms with E-state index in [-0.39, 0.29) is 5.82 Å². The molecule has 0 aliphatic heterocycles. The third-order valence-corrected chi connectivity index (χ3v) is 4.88. The Kier molecular flexibility index (Phi) is 4.70. The number of hydrogen-bond acceptors (Lipinski definition) is 2. The number of aryl methyl sites for hydroxylation is 1. The Bertz CT molecular complexity index is 1200. The Hall–Kier alpha value is -3.06. The topological polar surface area (TPSA) is 35.6 Å². The Morgan fingerprint density at radius 1 is 1.14 bits per heavy atom. The average molecular weight is 417 g/mol. The monoisotopic (exact) mass is 416 g/mol. The van der Waals surface area contributed by atoms with E-state index in [0.29, 0.717) is 17.3 Å². The van der Waals surface area contributed by atoms with Crippen LogP contribution < -0.4 is 0 Å². The molecule has 0 saturated heterocycles. The minimum absolute atomic E-state index is 0.267. The largest absolute Gasteiger partial charge is 0.434 e. The van der Waals surface area contributed by atoms with Crippen LogP contribution in [-0.2, 0) is 19.8 Å². The van der Waals surface area contributed by atoms with Crippen molar-refractivity contribution in [1.82, 2.24) is 19.1 Å². The first-order chi connectivity index (χ1) is 13.8. The van der Waals surface area contributed by atoms with Gasteiger partial charge in [-0.1, -0.05) is 42.4 Å². The van der Waals surface area contributed by atoms with Crippen LogP contribution >= 0.6 is 11.6 Å². The maximum Gasteiger partial charge on any atom is 0.434 e. The van der Waals surface area contributed by atoms with Gasteiger partial charge in [-0.15, -0.1) is 0 Å². The minimum atomic E-state index is -4.47. The molecule has 0 amide bonds. The molecule has 4 rings (SSSR count). The molecule has 0 bridgehead atoms. The fourth-order valence-corrected chi connectivity index (χ4v) is 3.50. The van der Waals surface area contributed by atoms with Crippen LogP contribution in [0.2, 0.25) is 5.15 Å². The van der Waals surface area contributed by atoms with Gasteiger partial charge in [0.15, 0.2) is 5.69 Å². The summed E-state index contributed by atoms with van der Waals surface area (Å²) in [5.41, 5.74) is 2.36. The molecule has 0 fully saturated rings. The SMILES string of the molecule is C=Cc1nc(Cl)cc2c1ccn2Cc1ccc(-c2nc(C(F)(F)F)cn2C)cc1. The highest BCUT2D eigenvalue weighted by molar-refractivity contribution is 6.30. The maximum atomic E-state index is 12.9. The Balaban J connectivity index is 1.63. The summed E-state index contributed by atoms with van der Waals surface area (Å²) in [6, 6.07) is 11.0. The molecule has 0 aliphatic rings. The second-order valence-electron chi connectivity index (χ2n) is 6.67. The zero-order valence-electron chi connectivity index (χ0n) is 15.4. The van der Waals surface area contributed by atoms with E-state index < -0.39 is 11.9 Å². The molecule has 0 saturated carbocycles. The number of halogens is 4. The zero-order valence-corrected chi connectivity index (χ0v) is 16.2. The van der Waals surface area contributed by atoms with Crippen molar-refractivity contribution in [2.75, 3.05) is 0 Å². The Morgan fingerprint density at radius 2 is 1.86 bits per heavy atom. The van der Waals surface area contributed by atoms with Gasteiger partial charge < -0.3 is 9.13 Å². The number of fused-ring (bicyclic) bond motifs is 1. The lowest BCUT2D eigenvalue weighted by Gasteiger charge is -2.08. The molecular formula is C21H16ClF3N4. The molecule has 1 aromatic carbocycles. The highest BCUT2D eigenvalue weighted by Crippen LogP contribution is 2.31. The fraction of sp³-hybridized carbons (Fsp3) is 0.143. The first-order valence-electron chi connectivity index (χ1n) is 8.74. The van der Waals surface area contributed by atoms with Crippen LogP contribution in [0.25, 0.3) is 28.4 Å². The van der Waals surface area contributed by atoms with Crippen LogP contribution in [0.3, 0.4) is 0 Å². The fourth-order valence-electron chi connectivity index (χ4n) is 3.30. The lowest BCUT2D eigenvalue weighted by atomic mass is 10.1.